The lowest BCUT2D eigenvalue weighted by atomic mass is 9.71. The molecule has 27 heavy (non-hydrogen) atoms. The standard InChI is InChI=1S/C18H25F3N4O2/c1-3-17(16(27)23-11-14-22-8-9-24(14)2)10-12-4-5-13(17)25(12)15(26)6-7-18(19,20)21/h8-9,12-13H,3-7,10-11H2,1-2H3,(H,23,27)/t12-,13+,17+/m0/s1. The van der Waals surface area contributed by atoms with E-state index in [0.29, 0.717) is 19.3 Å². The lowest BCUT2D eigenvalue weighted by molar-refractivity contribution is -0.150. The Kier molecular flexibility index (Phi) is 5.22. The molecule has 0 spiro atoms. The zero-order valence-electron chi connectivity index (χ0n) is 15.6. The van der Waals surface area contributed by atoms with Gasteiger partial charge in [-0.15, -0.1) is 0 Å². The molecule has 2 bridgehead atoms. The highest BCUT2D eigenvalue weighted by Crippen LogP contribution is 2.52. The minimum absolute atomic E-state index is 0.144. The summed E-state index contributed by atoms with van der Waals surface area (Å²) < 4.78 is 39.3. The van der Waals surface area contributed by atoms with Gasteiger partial charge in [-0.3, -0.25) is 9.59 Å². The first-order chi connectivity index (χ1) is 12.7. The third kappa shape index (κ3) is 3.68. The molecule has 0 saturated carbocycles. The summed E-state index contributed by atoms with van der Waals surface area (Å²) in [7, 11) is 1.84. The van der Waals surface area contributed by atoms with Gasteiger partial charge in [0.15, 0.2) is 0 Å². The van der Waals surface area contributed by atoms with Crippen LogP contribution in [0.5, 0.6) is 0 Å². The molecule has 1 N–H and O–H groups in total. The summed E-state index contributed by atoms with van der Waals surface area (Å²) in [6, 6.07) is -0.468. The predicted octanol–water partition coefficient (Wildman–Crippen LogP) is 2.54. The van der Waals surface area contributed by atoms with E-state index >= 15 is 0 Å². The Bertz CT molecular complexity index is 718. The minimum atomic E-state index is -4.35. The van der Waals surface area contributed by atoms with Gasteiger partial charge < -0.3 is 14.8 Å². The van der Waals surface area contributed by atoms with Gasteiger partial charge in [-0.1, -0.05) is 6.92 Å². The third-order valence-corrected chi connectivity index (χ3v) is 6.06. The van der Waals surface area contributed by atoms with Gasteiger partial charge in [0.05, 0.1) is 18.4 Å². The summed E-state index contributed by atoms with van der Waals surface area (Å²) in [6.07, 6.45) is -0.122. The van der Waals surface area contributed by atoms with E-state index in [1.807, 2.05) is 18.5 Å². The molecule has 2 aliphatic rings. The van der Waals surface area contributed by atoms with Crippen molar-refractivity contribution >= 4 is 11.8 Å². The number of imidazole rings is 1. The fourth-order valence-electron chi connectivity index (χ4n) is 4.62. The number of hydrogen-bond donors (Lipinski definition) is 1. The fraction of sp³-hybridized carbons (Fsp3) is 0.722. The maximum absolute atomic E-state index is 13.0. The van der Waals surface area contributed by atoms with Crippen molar-refractivity contribution in [3.8, 4) is 0 Å². The normalized spacial score (nSPS) is 27.2. The largest absolute Gasteiger partial charge is 0.389 e. The lowest BCUT2D eigenvalue weighted by Crippen LogP contribution is -2.49. The number of carbonyl (C=O) groups is 2. The van der Waals surface area contributed by atoms with E-state index in [4.69, 9.17) is 0 Å². The van der Waals surface area contributed by atoms with E-state index in [1.54, 1.807) is 17.3 Å². The quantitative estimate of drug-likeness (QED) is 0.817. The number of amides is 2. The highest BCUT2D eigenvalue weighted by atomic mass is 19.4. The summed E-state index contributed by atoms with van der Waals surface area (Å²) >= 11 is 0. The maximum Gasteiger partial charge on any atom is 0.389 e. The molecule has 0 aliphatic carbocycles. The number of nitrogens with zero attached hydrogens (tertiary/aromatic N) is 3. The first kappa shape index (κ1) is 19.7. The first-order valence-corrected chi connectivity index (χ1v) is 9.30. The van der Waals surface area contributed by atoms with Gasteiger partial charge in [-0.05, 0) is 25.7 Å². The number of rotatable bonds is 6. The maximum atomic E-state index is 13.0. The van der Waals surface area contributed by atoms with E-state index in [0.717, 1.165) is 12.2 Å². The topological polar surface area (TPSA) is 67.2 Å². The smallest absolute Gasteiger partial charge is 0.348 e. The molecule has 0 unspecified atom stereocenters. The average molecular weight is 386 g/mol. The molecule has 2 amide bonds. The fourth-order valence-corrected chi connectivity index (χ4v) is 4.62. The van der Waals surface area contributed by atoms with E-state index in [2.05, 4.69) is 10.3 Å². The summed E-state index contributed by atoms with van der Waals surface area (Å²) in [5.41, 5.74) is -0.734. The molecule has 2 aliphatic heterocycles. The summed E-state index contributed by atoms with van der Waals surface area (Å²) in [5.74, 6) is 0.0803. The highest BCUT2D eigenvalue weighted by Gasteiger charge is 2.60. The first-order valence-electron chi connectivity index (χ1n) is 9.30. The second kappa shape index (κ2) is 7.16. The Balaban J connectivity index is 1.70. The van der Waals surface area contributed by atoms with Crippen LogP contribution in [0.1, 0.15) is 51.3 Å². The monoisotopic (exact) mass is 386 g/mol. The van der Waals surface area contributed by atoms with Crippen LogP contribution in [0.2, 0.25) is 0 Å². The van der Waals surface area contributed by atoms with E-state index < -0.39 is 30.3 Å². The van der Waals surface area contributed by atoms with Crippen molar-refractivity contribution < 1.29 is 22.8 Å². The molecule has 3 rings (SSSR count). The number of nitrogens with one attached hydrogen (secondary N) is 1. The zero-order valence-corrected chi connectivity index (χ0v) is 15.6. The van der Waals surface area contributed by atoms with Gasteiger partial charge in [0.2, 0.25) is 11.8 Å². The highest BCUT2D eigenvalue weighted by molar-refractivity contribution is 5.87. The molecule has 3 heterocycles. The van der Waals surface area contributed by atoms with Crippen LogP contribution < -0.4 is 5.32 Å². The number of carbonyl (C=O) groups excluding carboxylic acids is 2. The number of aromatic nitrogens is 2. The molecule has 0 aromatic carbocycles. The molecule has 150 valence electrons. The van der Waals surface area contributed by atoms with Crippen molar-refractivity contribution in [2.75, 3.05) is 0 Å². The van der Waals surface area contributed by atoms with Crippen LogP contribution >= 0.6 is 0 Å². The predicted molar refractivity (Wildman–Crippen MR) is 91.3 cm³/mol. The minimum Gasteiger partial charge on any atom is -0.348 e. The molecule has 3 atom stereocenters. The second-order valence-electron chi connectivity index (χ2n) is 7.51. The van der Waals surface area contributed by atoms with Crippen molar-refractivity contribution in [1.29, 1.82) is 0 Å². The van der Waals surface area contributed by atoms with Gasteiger partial charge in [-0.2, -0.15) is 13.2 Å². The van der Waals surface area contributed by atoms with Crippen LogP contribution in [0.4, 0.5) is 13.2 Å². The number of hydrogen-bond acceptors (Lipinski definition) is 3. The van der Waals surface area contributed by atoms with Crippen molar-refractivity contribution in [2.24, 2.45) is 12.5 Å². The van der Waals surface area contributed by atoms with Crippen LogP contribution in [-0.2, 0) is 23.2 Å². The molecular formula is C18H25F3N4O2. The third-order valence-electron chi connectivity index (χ3n) is 6.06. The summed E-state index contributed by atoms with van der Waals surface area (Å²) in [6.45, 7) is 2.18. The summed E-state index contributed by atoms with van der Waals surface area (Å²) in [4.78, 5) is 31.2. The summed E-state index contributed by atoms with van der Waals surface area (Å²) in [5, 5.41) is 2.92. The van der Waals surface area contributed by atoms with Crippen LogP contribution in [-0.4, -0.2) is 44.5 Å². The molecule has 2 fully saturated rings. The molecular weight excluding hydrogens is 361 g/mol. The van der Waals surface area contributed by atoms with Crippen molar-refractivity contribution in [2.45, 2.75) is 70.3 Å². The molecule has 1 aromatic heterocycles. The average Bonchev–Trinajstić information content (AvgIpc) is 3.30. The number of alkyl halides is 3. The molecule has 0 radical (unpaired) electrons. The molecule has 9 heteroatoms. The Hall–Kier alpha value is -2.06. The van der Waals surface area contributed by atoms with Crippen molar-refractivity contribution in [3.05, 3.63) is 18.2 Å². The SMILES string of the molecule is CC[C@@]1(C(=O)NCc2nccn2C)C[C@@H]2CC[C@H]1N2C(=O)CCC(F)(F)F. The Morgan fingerprint density at radius 2 is 2.11 bits per heavy atom. The van der Waals surface area contributed by atoms with Gasteiger partial charge in [0, 0.05) is 37.9 Å². The van der Waals surface area contributed by atoms with E-state index in [1.165, 1.54) is 0 Å². The zero-order chi connectivity index (χ0) is 19.8. The van der Waals surface area contributed by atoms with Crippen LogP contribution in [0.3, 0.4) is 0 Å². The lowest BCUT2D eigenvalue weighted by Gasteiger charge is -2.35. The number of halogens is 3. The van der Waals surface area contributed by atoms with Gasteiger partial charge in [0.25, 0.3) is 0 Å². The molecule has 2 saturated heterocycles. The van der Waals surface area contributed by atoms with Crippen LogP contribution in [0.15, 0.2) is 12.4 Å². The van der Waals surface area contributed by atoms with Gasteiger partial charge >= 0.3 is 6.18 Å². The second-order valence-corrected chi connectivity index (χ2v) is 7.51. The van der Waals surface area contributed by atoms with Gasteiger partial charge in [0.1, 0.15) is 5.82 Å². The van der Waals surface area contributed by atoms with E-state index in [9.17, 15) is 22.8 Å². The molecule has 6 nitrogen and oxygen atoms in total. The Morgan fingerprint density at radius 3 is 2.70 bits per heavy atom. The van der Waals surface area contributed by atoms with E-state index in [-0.39, 0.29) is 24.5 Å². The van der Waals surface area contributed by atoms with Gasteiger partial charge in [-0.25, -0.2) is 4.98 Å². The number of aryl methyl sites for hydroxylation is 1. The van der Waals surface area contributed by atoms with Crippen LogP contribution in [0, 0.1) is 5.41 Å². The van der Waals surface area contributed by atoms with Crippen molar-refractivity contribution in [1.82, 2.24) is 19.8 Å². The van der Waals surface area contributed by atoms with Crippen LogP contribution in [0.25, 0.3) is 0 Å². The molecule has 1 aromatic rings. The Labute approximate surface area is 156 Å². The number of fused-ring (bicyclic) bond motifs is 2. The van der Waals surface area contributed by atoms with Crippen molar-refractivity contribution in [3.63, 3.8) is 0 Å². The Morgan fingerprint density at radius 1 is 1.37 bits per heavy atom.